The number of likely N-dealkylation sites (tertiary alicyclic amines) is 1. The van der Waals surface area contributed by atoms with Gasteiger partial charge in [-0.05, 0) is 43.6 Å². The van der Waals surface area contributed by atoms with E-state index in [0.29, 0.717) is 10.9 Å². The number of hydrogen-bond acceptors (Lipinski definition) is 3. The molecule has 98 valence electrons. The Bertz CT molecular complexity index is 397. The van der Waals surface area contributed by atoms with Gasteiger partial charge in [0.25, 0.3) is 0 Å². The Morgan fingerprint density at radius 3 is 2.44 bits per heavy atom. The summed E-state index contributed by atoms with van der Waals surface area (Å²) in [4.78, 5) is 3.13. The van der Waals surface area contributed by atoms with E-state index in [1.54, 1.807) is 7.11 Å². The van der Waals surface area contributed by atoms with Gasteiger partial charge < -0.3 is 10.5 Å². The zero-order valence-electron chi connectivity index (χ0n) is 10.8. The fourth-order valence-electron chi connectivity index (χ4n) is 2.36. The summed E-state index contributed by atoms with van der Waals surface area (Å²) in [5, 5.41) is 0. The lowest BCUT2D eigenvalue weighted by molar-refractivity contribution is 0.202. The van der Waals surface area contributed by atoms with E-state index >= 15 is 0 Å². The predicted octanol–water partition coefficient (Wildman–Crippen LogP) is 2.19. The average Bonchev–Trinajstić information content (AvgIpc) is 2.40. The number of methoxy groups -OCH3 is 1. The van der Waals surface area contributed by atoms with Crippen molar-refractivity contribution in [1.29, 1.82) is 0 Å². The summed E-state index contributed by atoms with van der Waals surface area (Å²) in [6.45, 7) is 3.15. The molecule has 4 heteroatoms. The van der Waals surface area contributed by atoms with E-state index in [4.69, 9.17) is 22.7 Å². The third kappa shape index (κ3) is 3.43. The highest BCUT2D eigenvalue weighted by Crippen LogP contribution is 2.20. The molecule has 18 heavy (non-hydrogen) atoms. The molecule has 3 nitrogen and oxygen atoms in total. The highest BCUT2D eigenvalue weighted by Gasteiger charge is 2.20. The first kappa shape index (κ1) is 13.3. The first-order valence-corrected chi connectivity index (χ1v) is 6.74. The van der Waals surface area contributed by atoms with Gasteiger partial charge in [-0.2, -0.15) is 0 Å². The lowest BCUT2D eigenvalue weighted by atomic mass is 9.96. The van der Waals surface area contributed by atoms with Gasteiger partial charge >= 0.3 is 0 Å². The van der Waals surface area contributed by atoms with Crippen molar-refractivity contribution >= 4 is 17.2 Å². The number of benzene rings is 1. The number of rotatable bonds is 4. The monoisotopic (exact) mass is 264 g/mol. The topological polar surface area (TPSA) is 38.5 Å². The Morgan fingerprint density at radius 2 is 1.94 bits per heavy atom. The molecule has 1 aromatic rings. The minimum atomic E-state index is 0.437. The zero-order chi connectivity index (χ0) is 13.0. The molecule has 1 aromatic carbocycles. The summed E-state index contributed by atoms with van der Waals surface area (Å²) in [7, 11) is 1.69. The SMILES string of the molecule is COc1ccc(CN2CCC(C(N)=S)CC2)cc1. The maximum absolute atomic E-state index is 5.70. The number of nitrogens with two attached hydrogens (primary N) is 1. The molecule has 0 unspecified atom stereocenters. The van der Waals surface area contributed by atoms with E-state index in [-0.39, 0.29) is 0 Å². The van der Waals surface area contributed by atoms with Crippen molar-refractivity contribution in [2.24, 2.45) is 11.7 Å². The van der Waals surface area contributed by atoms with Crippen molar-refractivity contribution in [3.05, 3.63) is 29.8 Å². The molecule has 0 aromatic heterocycles. The number of hydrogen-bond donors (Lipinski definition) is 1. The zero-order valence-corrected chi connectivity index (χ0v) is 11.6. The van der Waals surface area contributed by atoms with E-state index < -0.39 is 0 Å². The van der Waals surface area contributed by atoms with Gasteiger partial charge in [0.15, 0.2) is 0 Å². The lowest BCUT2D eigenvalue weighted by Crippen LogP contribution is -2.37. The highest BCUT2D eigenvalue weighted by atomic mass is 32.1. The second kappa shape index (κ2) is 6.16. The fourth-order valence-corrected chi connectivity index (χ4v) is 2.60. The molecule has 2 rings (SSSR count). The number of ether oxygens (including phenoxy) is 1. The van der Waals surface area contributed by atoms with E-state index in [1.165, 1.54) is 5.56 Å². The number of piperidine rings is 1. The second-order valence-electron chi connectivity index (χ2n) is 4.80. The van der Waals surface area contributed by atoms with Crippen molar-refractivity contribution < 1.29 is 4.74 Å². The van der Waals surface area contributed by atoms with Crippen LogP contribution < -0.4 is 10.5 Å². The van der Waals surface area contributed by atoms with Crippen LogP contribution in [0.25, 0.3) is 0 Å². The normalized spacial score (nSPS) is 17.6. The molecule has 1 aliphatic heterocycles. The van der Waals surface area contributed by atoms with Crippen molar-refractivity contribution in [3.63, 3.8) is 0 Å². The molecule has 2 N–H and O–H groups in total. The van der Waals surface area contributed by atoms with E-state index in [9.17, 15) is 0 Å². The predicted molar refractivity (Wildman–Crippen MR) is 77.8 cm³/mol. The van der Waals surface area contributed by atoms with Crippen LogP contribution in [0, 0.1) is 5.92 Å². The van der Waals surface area contributed by atoms with Crippen LogP contribution >= 0.6 is 12.2 Å². The standard InChI is InChI=1S/C14H20N2OS/c1-17-13-4-2-11(3-5-13)10-16-8-6-12(7-9-16)14(15)18/h2-5,12H,6-10H2,1H3,(H2,15,18). The molecule has 0 atom stereocenters. The van der Waals surface area contributed by atoms with Crippen LogP contribution in [0.4, 0.5) is 0 Å². The van der Waals surface area contributed by atoms with Gasteiger partial charge in [0.2, 0.25) is 0 Å². The number of nitrogens with zero attached hydrogens (tertiary/aromatic N) is 1. The van der Waals surface area contributed by atoms with Crippen LogP contribution in [0.3, 0.4) is 0 Å². The van der Waals surface area contributed by atoms with Crippen LogP contribution in [-0.2, 0) is 6.54 Å². The van der Waals surface area contributed by atoms with Gasteiger partial charge in [-0.25, -0.2) is 0 Å². The molecule has 1 saturated heterocycles. The minimum Gasteiger partial charge on any atom is -0.497 e. The molecule has 0 bridgehead atoms. The number of thiocarbonyl (C=S) groups is 1. The van der Waals surface area contributed by atoms with Gasteiger partial charge in [0.1, 0.15) is 5.75 Å². The van der Waals surface area contributed by atoms with Gasteiger partial charge in [-0.3, -0.25) is 4.90 Å². The third-order valence-electron chi connectivity index (χ3n) is 3.56. The maximum Gasteiger partial charge on any atom is 0.118 e. The van der Waals surface area contributed by atoms with Crippen molar-refractivity contribution in [1.82, 2.24) is 4.90 Å². The Hall–Kier alpha value is -1.13. The Kier molecular flexibility index (Phi) is 4.55. The quantitative estimate of drug-likeness (QED) is 0.846. The Labute approximate surface area is 114 Å². The van der Waals surface area contributed by atoms with Crippen LogP contribution in [0.1, 0.15) is 18.4 Å². The summed E-state index contributed by atoms with van der Waals surface area (Å²) < 4.78 is 5.16. The van der Waals surface area contributed by atoms with Crippen LogP contribution in [0.5, 0.6) is 5.75 Å². The van der Waals surface area contributed by atoms with Gasteiger partial charge in [0.05, 0.1) is 12.1 Å². The molecule has 0 spiro atoms. The molecule has 1 aliphatic rings. The van der Waals surface area contributed by atoms with Gasteiger partial charge in [-0.1, -0.05) is 24.4 Å². The fraction of sp³-hybridized carbons (Fsp3) is 0.500. The lowest BCUT2D eigenvalue weighted by Gasteiger charge is -2.31. The molecule has 1 heterocycles. The first-order valence-electron chi connectivity index (χ1n) is 6.33. The third-order valence-corrected chi connectivity index (χ3v) is 3.89. The van der Waals surface area contributed by atoms with Crippen LogP contribution in [0.15, 0.2) is 24.3 Å². The molecular weight excluding hydrogens is 244 g/mol. The van der Waals surface area contributed by atoms with E-state index in [0.717, 1.165) is 38.2 Å². The highest BCUT2D eigenvalue weighted by molar-refractivity contribution is 7.80. The van der Waals surface area contributed by atoms with E-state index in [2.05, 4.69) is 17.0 Å². The first-order chi connectivity index (χ1) is 8.69. The molecule has 0 saturated carbocycles. The van der Waals surface area contributed by atoms with Crippen molar-refractivity contribution in [2.45, 2.75) is 19.4 Å². The smallest absolute Gasteiger partial charge is 0.118 e. The van der Waals surface area contributed by atoms with Gasteiger partial charge in [-0.15, -0.1) is 0 Å². The summed E-state index contributed by atoms with van der Waals surface area (Å²) in [6, 6.07) is 8.27. The summed E-state index contributed by atoms with van der Waals surface area (Å²) >= 11 is 5.06. The second-order valence-corrected chi connectivity index (χ2v) is 5.27. The Morgan fingerprint density at radius 1 is 1.33 bits per heavy atom. The summed E-state index contributed by atoms with van der Waals surface area (Å²) in [5.74, 6) is 1.35. The maximum atomic E-state index is 5.70. The van der Waals surface area contributed by atoms with E-state index in [1.807, 2.05) is 12.1 Å². The van der Waals surface area contributed by atoms with Crippen LogP contribution in [-0.4, -0.2) is 30.1 Å². The summed E-state index contributed by atoms with van der Waals surface area (Å²) in [6.07, 6.45) is 2.18. The Balaban J connectivity index is 1.85. The molecular formula is C14H20N2OS. The van der Waals surface area contributed by atoms with Crippen molar-refractivity contribution in [2.75, 3.05) is 20.2 Å². The molecule has 1 fully saturated rings. The summed E-state index contributed by atoms with van der Waals surface area (Å²) in [5.41, 5.74) is 7.02. The van der Waals surface area contributed by atoms with Gasteiger partial charge in [0, 0.05) is 12.5 Å². The van der Waals surface area contributed by atoms with Crippen LogP contribution in [0.2, 0.25) is 0 Å². The molecule has 0 aliphatic carbocycles. The minimum absolute atomic E-state index is 0.437. The molecule has 0 radical (unpaired) electrons. The largest absolute Gasteiger partial charge is 0.497 e. The van der Waals surface area contributed by atoms with Crippen molar-refractivity contribution in [3.8, 4) is 5.75 Å². The molecule has 0 amide bonds. The average molecular weight is 264 g/mol.